The molecule has 0 radical (unpaired) electrons. The first-order valence-corrected chi connectivity index (χ1v) is 13.2. The van der Waals surface area contributed by atoms with Gasteiger partial charge in [-0.1, -0.05) is 43.3 Å². The highest BCUT2D eigenvalue weighted by atomic mass is 16.5. The minimum Gasteiger partial charge on any atom is -0.370 e. The summed E-state index contributed by atoms with van der Waals surface area (Å²) in [6.07, 6.45) is 6.65. The highest BCUT2D eigenvalue weighted by Crippen LogP contribution is 2.56. The molecule has 1 aromatic carbocycles. The van der Waals surface area contributed by atoms with Crippen molar-refractivity contribution in [1.82, 2.24) is 19.9 Å². The van der Waals surface area contributed by atoms with Gasteiger partial charge in [0.1, 0.15) is 5.60 Å². The predicted octanol–water partition coefficient (Wildman–Crippen LogP) is 3.18. The number of rotatable bonds is 6. The standard InChI is InChI=1S/C22H30N6O2.C6H6/c1-13-3-6-27(10-13)16-7-14(2)19-24-20(26-28(19)11-16)22-8-15(12-30-22)18(22)25-21(4-5-21)9-17(23)29;1-2-4-6-5-3-1/h7,11,13,15,18,25H,3-6,8-10,12H2,1-2H3,(H2,23,29);1-6H. The molecule has 8 nitrogen and oxygen atoms in total. The second-order valence-electron chi connectivity index (χ2n) is 11.3. The summed E-state index contributed by atoms with van der Waals surface area (Å²) in [5, 5.41) is 8.63. The molecule has 4 atom stereocenters. The van der Waals surface area contributed by atoms with E-state index in [1.54, 1.807) is 0 Å². The summed E-state index contributed by atoms with van der Waals surface area (Å²) in [6, 6.07) is 14.4. The van der Waals surface area contributed by atoms with Gasteiger partial charge in [-0.3, -0.25) is 4.79 Å². The number of carbonyl (C=O) groups excluding carboxylic acids is 1. The van der Waals surface area contributed by atoms with Gasteiger partial charge in [0.05, 0.1) is 18.5 Å². The topological polar surface area (TPSA) is 97.8 Å². The maximum atomic E-state index is 11.5. The average Bonchev–Trinajstić information content (AvgIpc) is 3.31. The molecule has 2 aliphatic carbocycles. The molecule has 3 aliphatic heterocycles. The van der Waals surface area contributed by atoms with E-state index in [1.165, 1.54) is 12.1 Å². The fourth-order valence-electron chi connectivity index (χ4n) is 6.17. The highest BCUT2D eigenvalue weighted by Gasteiger charge is 2.66. The largest absolute Gasteiger partial charge is 0.370 e. The van der Waals surface area contributed by atoms with Gasteiger partial charge in [0.2, 0.25) is 5.91 Å². The highest BCUT2D eigenvalue weighted by molar-refractivity contribution is 5.75. The van der Waals surface area contributed by atoms with Crippen LogP contribution in [0.4, 0.5) is 5.69 Å². The SMILES string of the molecule is Cc1cc(N2CCC(C)C2)cn2nc(C34CC(CO3)C4NC3(CC(N)=O)CC3)nc12.c1ccccc1. The Morgan fingerprint density at radius 1 is 1.22 bits per heavy atom. The zero-order valence-corrected chi connectivity index (χ0v) is 21.2. The molecule has 8 rings (SSSR count). The number of carbonyl (C=O) groups is 1. The van der Waals surface area contributed by atoms with Gasteiger partial charge in [-0.2, -0.15) is 0 Å². The number of benzene rings is 1. The van der Waals surface area contributed by atoms with Crippen LogP contribution >= 0.6 is 0 Å². The lowest BCUT2D eigenvalue weighted by Gasteiger charge is -2.45. The number of amides is 1. The number of primary amides is 1. The van der Waals surface area contributed by atoms with Crippen LogP contribution in [-0.4, -0.2) is 51.8 Å². The fraction of sp³-hybridized carbons (Fsp3) is 0.536. The molecule has 5 aliphatic rings. The maximum Gasteiger partial charge on any atom is 0.219 e. The number of fused-ring (bicyclic) bond motifs is 2. The molecule has 36 heavy (non-hydrogen) atoms. The third-order valence-corrected chi connectivity index (χ3v) is 8.36. The molecule has 5 fully saturated rings. The van der Waals surface area contributed by atoms with Crippen LogP contribution < -0.4 is 16.0 Å². The second kappa shape index (κ2) is 8.85. The zero-order valence-electron chi connectivity index (χ0n) is 21.2. The number of ether oxygens (including phenoxy) is 1. The molecular formula is C28H36N6O2. The third-order valence-electron chi connectivity index (χ3n) is 8.36. The lowest BCUT2D eigenvalue weighted by atomic mass is 9.68. The van der Waals surface area contributed by atoms with E-state index >= 15 is 0 Å². The zero-order chi connectivity index (χ0) is 24.9. The first-order chi connectivity index (χ1) is 17.4. The Morgan fingerprint density at radius 3 is 2.53 bits per heavy atom. The Labute approximate surface area is 212 Å². The number of pyridine rings is 1. The Morgan fingerprint density at radius 2 is 1.94 bits per heavy atom. The van der Waals surface area contributed by atoms with Crippen LogP contribution in [0.15, 0.2) is 48.7 Å². The smallest absolute Gasteiger partial charge is 0.219 e. The number of anilines is 1. The van der Waals surface area contributed by atoms with E-state index in [0.29, 0.717) is 12.3 Å². The Balaban J connectivity index is 0.000000353. The van der Waals surface area contributed by atoms with E-state index in [9.17, 15) is 4.79 Å². The molecule has 2 saturated carbocycles. The van der Waals surface area contributed by atoms with E-state index in [-0.39, 0.29) is 17.5 Å². The molecule has 3 aromatic rings. The minimum atomic E-state index is -0.487. The van der Waals surface area contributed by atoms with Crippen molar-refractivity contribution in [3.8, 4) is 0 Å². The summed E-state index contributed by atoms with van der Waals surface area (Å²) >= 11 is 0. The number of nitrogens with one attached hydrogen (secondary N) is 1. The van der Waals surface area contributed by atoms with Crippen LogP contribution in [0.5, 0.6) is 0 Å². The van der Waals surface area contributed by atoms with Gasteiger partial charge in [-0.15, -0.1) is 5.10 Å². The fourth-order valence-corrected chi connectivity index (χ4v) is 6.17. The van der Waals surface area contributed by atoms with Crippen molar-refractivity contribution in [2.75, 3.05) is 24.6 Å². The Kier molecular flexibility index (Phi) is 5.76. The number of aryl methyl sites for hydroxylation is 1. The average molecular weight is 489 g/mol. The lowest BCUT2D eigenvalue weighted by Crippen LogP contribution is -2.61. The van der Waals surface area contributed by atoms with Crippen molar-refractivity contribution in [3.63, 3.8) is 0 Å². The Hall–Kier alpha value is -2.97. The van der Waals surface area contributed by atoms with Gasteiger partial charge < -0.3 is 20.7 Å². The normalized spacial score (nSPS) is 29.5. The predicted molar refractivity (Wildman–Crippen MR) is 139 cm³/mol. The minimum absolute atomic E-state index is 0.149. The van der Waals surface area contributed by atoms with Crippen LogP contribution in [-0.2, 0) is 15.1 Å². The third kappa shape index (κ3) is 4.16. The molecule has 4 unspecified atom stereocenters. The number of nitrogens with two attached hydrogens (primary N) is 1. The van der Waals surface area contributed by atoms with Crippen LogP contribution in [0, 0.1) is 18.8 Å². The number of hydrogen-bond acceptors (Lipinski definition) is 6. The summed E-state index contributed by atoms with van der Waals surface area (Å²) in [5.74, 6) is 1.70. The van der Waals surface area contributed by atoms with Crippen molar-refractivity contribution in [1.29, 1.82) is 0 Å². The van der Waals surface area contributed by atoms with Crippen molar-refractivity contribution in [2.45, 2.75) is 63.1 Å². The Bertz CT molecular complexity index is 1220. The number of hydrogen-bond donors (Lipinski definition) is 2. The number of aromatic nitrogens is 3. The van der Waals surface area contributed by atoms with Crippen molar-refractivity contribution >= 4 is 17.2 Å². The van der Waals surface area contributed by atoms with Crippen LogP contribution in [0.1, 0.15) is 50.4 Å². The van der Waals surface area contributed by atoms with E-state index in [0.717, 1.165) is 61.9 Å². The van der Waals surface area contributed by atoms with Crippen LogP contribution in [0.3, 0.4) is 0 Å². The summed E-state index contributed by atoms with van der Waals surface area (Å²) in [6.45, 7) is 7.32. The summed E-state index contributed by atoms with van der Waals surface area (Å²) in [5.41, 5.74) is 8.09. The molecule has 3 N–H and O–H groups in total. The van der Waals surface area contributed by atoms with Gasteiger partial charge in [0, 0.05) is 37.0 Å². The first kappa shape index (κ1) is 23.4. The molecule has 5 heterocycles. The monoisotopic (exact) mass is 488 g/mol. The summed E-state index contributed by atoms with van der Waals surface area (Å²) < 4.78 is 8.21. The van der Waals surface area contributed by atoms with Crippen molar-refractivity contribution < 1.29 is 9.53 Å². The second-order valence-corrected chi connectivity index (χ2v) is 11.3. The molecule has 2 aromatic heterocycles. The van der Waals surface area contributed by atoms with Gasteiger partial charge >= 0.3 is 0 Å². The molecule has 3 saturated heterocycles. The molecule has 8 heteroatoms. The van der Waals surface area contributed by atoms with E-state index in [4.69, 9.17) is 20.6 Å². The van der Waals surface area contributed by atoms with E-state index < -0.39 is 5.60 Å². The molecule has 1 amide bonds. The van der Waals surface area contributed by atoms with E-state index in [2.05, 4.69) is 36.3 Å². The van der Waals surface area contributed by atoms with Crippen LogP contribution in [0.2, 0.25) is 0 Å². The summed E-state index contributed by atoms with van der Waals surface area (Å²) in [7, 11) is 0. The van der Waals surface area contributed by atoms with Crippen LogP contribution in [0.25, 0.3) is 5.65 Å². The lowest BCUT2D eigenvalue weighted by molar-refractivity contribution is -0.119. The van der Waals surface area contributed by atoms with Gasteiger partial charge in [0.15, 0.2) is 11.5 Å². The van der Waals surface area contributed by atoms with E-state index in [1.807, 2.05) is 40.9 Å². The van der Waals surface area contributed by atoms with Gasteiger partial charge in [0.25, 0.3) is 0 Å². The van der Waals surface area contributed by atoms with Crippen molar-refractivity contribution in [3.05, 3.63) is 60.0 Å². The molecule has 0 spiro atoms. The molecule has 2 bridgehead atoms. The van der Waals surface area contributed by atoms with Gasteiger partial charge in [-0.25, -0.2) is 9.50 Å². The first-order valence-electron chi connectivity index (χ1n) is 13.2. The molecule has 190 valence electrons. The maximum absolute atomic E-state index is 11.5. The molecular weight excluding hydrogens is 452 g/mol. The van der Waals surface area contributed by atoms with Gasteiger partial charge in [-0.05, 0) is 50.2 Å². The van der Waals surface area contributed by atoms with Crippen molar-refractivity contribution in [2.24, 2.45) is 17.6 Å². The summed E-state index contributed by atoms with van der Waals surface area (Å²) in [4.78, 5) is 18.9. The number of nitrogens with zero attached hydrogens (tertiary/aromatic N) is 4. The quantitative estimate of drug-likeness (QED) is 0.553.